The molecular weight excluding hydrogens is 263 g/mol. The van der Waals surface area contributed by atoms with Gasteiger partial charge < -0.3 is 10.2 Å². The molecule has 0 spiro atoms. The normalized spacial score (nSPS) is 15.0. The molecule has 0 radical (unpaired) electrons. The maximum absolute atomic E-state index is 14.5. The Hall–Kier alpha value is -1.09. The molecule has 0 unspecified atom stereocenters. The molecule has 1 N–H and O–H groups in total. The van der Waals surface area contributed by atoms with E-state index in [2.05, 4.69) is 44.0 Å². The van der Waals surface area contributed by atoms with Crippen LogP contribution in [0.4, 0.5) is 10.1 Å². The van der Waals surface area contributed by atoms with Crippen LogP contribution in [0.1, 0.15) is 52.5 Å². The lowest BCUT2D eigenvalue weighted by Crippen LogP contribution is -2.28. The Bertz CT molecular complexity index is 453. The Morgan fingerprint density at radius 1 is 1.24 bits per heavy atom. The molecule has 2 rings (SSSR count). The zero-order valence-corrected chi connectivity index (χ0v) is 13.8. The van der Waals surface area contributed by atoms with Gasteiger partial charge in [-0.05, 0) is 42.9 Å². The number of hydrogen-bond donors (Lipinski definition) is 1. The summed E-state index contributed by atoms with van der Waals surface area (Å²) in [6.45, 7) is 10.3. The molecule has 1 saturated carbocycles. The molecule has 0 amide bonds. The number of halogens is 1. The minimum atomic E-state index is -0.0753. The highest BCUT2D eigenvalue weighted by molar-refractivity contribution is 5.51. The molecule has 0 aromatic heterocycles. The largest absolute Gasteiger partial charge is 0.366 e. The fraction of sp³-hybridized carbons (Fsp3) is 0.667. The first-order chi connectivity index (χ1) is 9.97. The lowest BCUT2D eigenvalue weighted by molar-refractivity contribution is 0.556. The summed E-state index contributed by atoms with van der Waals surface area (Å²) in [5, 5.41) is 3.33. The van der Waals surface area contributed by atoms with Gasteiger partial charge in [0.25, 0.3) is 0 Å². The molecule has 1 aromatic rings. The predicted molar refractivity (Wildman–Crippen MR) is 88.2 cm³/mol. The van der Waals surface area contributed by atoms with E-state index in [0.29, 0.717) is 18.0 Å². The first kappa shape index (κ1) is 16.3. The molecule has 0 bridgehead atoms. The quantitative estimate of drug-likeness (QED) is 0.767. The monoisotopic (exact) mass is 292 g/mol. The number of nitrogens with zero attached hydrogens (tertiary/aromatic N) is 1. The Morgan fingerprint density at radius 2 is 1.95 bits per heavy atom. The number of rotatable bonds is 8. The zero-order chi connectivity index (χ0) is 15.4. The van der Waals surface area contributed by atoms with E-state index in [4.69, 9.17) is 0 Å². The van der Waals surface area contributed by atoms with Crippen LogP contribution in [-0.4, -0.2) is 18.6 Å². The van der Waals surface area contributed by atoms with E-state index < -0.39 is 0 Å². The van der Waals surface area contributed by atoms with Crippen LogP contribution in [0.5, 0.6) is 0 Å². The fourth-order valence-corrected chi connectivity index (χ4v) is 2.50. The van der Waals surface area contributed by atoms with Gasteiger partial charge >= 0.3 is 0 Å². The summed E-state index contributed by atoms with van der Waals surface area (Å²) >= 11 is 0. The number of anilines is 1. The van der Waals surface area contributed by atoms with Gasteiger partial charge in [0.2, 0.25) is 0 Å². The summed E-state index contributed by atoms with van der Waals surface area (Å²) in [6.07, 6.45) is 3.52. The average Bonchev–Trinajstić information content (AvgIpc) is 3.22. The SMILES string of the molecule is CC(C)CCN(c1ccc(CNC(C)C)cc1F)C1CC1. The summed E-state index contributed by atoms with van der Waals surface area (Å²) in [5.74, 6) is 0.581. The average molecular weight is 292 g/mol. The Morgan fingerprint density at radius 3 is 2.48 bits per heavy atom. The summed E-state index contributed by atoms with van der Waals surface area (Å²) in [5.41, 5.74) is 1.80. The highest BCUT2D eigenvalue weighted by Gasteiger charge is 2.30. The van der Waals surface area contributed by atoms with E-state index in [1.165, 1.54) is 12.8 Å². The Labute approximate surface area is 128 Å². The second-order valence-corrected chi connectivity index (χ2v) is 6.93. The molecule has 1 fully saturated rings. The van der Waals surface area contributed by atoms with Crippen molar-refractivity contribution in [1.29, 1.82) is 0 Å². The van der Waals surface area contributed by atoms with Crippen molar-refractivity contribution in [3.05, 3.63) is 29.6 Å². The van der Waals surface area contributed by atoms with Gasteiger partial charge in [0.05, 0.1) is 5.69 Å². The van der Waals surface area contributed by atoms with Gasteiger partial charge in [0.1, 0.15) is 5.82 Å². The van der Waals surface area contributed by atoms with Gasteiger partial charge in [-0.25, -0.2) is 4.39 Å². The first-order valence-corrected chi connectivity index (χ1v) is 8.25. The van der Waals surface area contributed by atoms with Crippen LogP contribution in [0.3, 0.4) is 0 Å². The molecule has 0 saturated heterocycles. The molecule has 0 heterocycles. The maximum atomic E-state index is 14.5. The van der Waals surface area contributed by atoms with Crippen molar-refractivity contribution in [2.75, 3.05) is 11.4 Å². The van der Waals surface area contributed by atoms with Crippen molar-refractivity contribution in [3.8, 4) is 0 Å². The first-order valence-electron chi connectivity index (χ1n) is 8.25. The second kappa shape index (κ2) is 7.26. The highest BCUT2D eigenvalue weighted by atomic mass is 19.1. The van der Waals surface area contributed by atoms with Gasteiger partial charge in [-0.15, -0.1) is 0 Å². The summed E-state index contributed by atoms with van der Waals surface area (Å²) in [4.78, 5) is 2.27. The molecule has 21 heavy (non-hydrogen) atoms. The summed E-state index contributed by atoms with van der Waals surface area (Å²) in [7, 11) is 0. The lowest BCUT2D eigenvalue weighted by atomic mass is 10.1. The molecule has 118 valence electrons. The second-order valence-electron chi connectivity index (χ2n) is 6.93. The molecule has 0 atom stereocenters. The van der Waals surface area contributed by atoms with Crippen molar-refractivity contribution >= 4 is 5.69 Å². The minimum absolute atomic E-state index is 0.0753. The fourth-order valence-electron chi connectivity index (χ4n) is 2.50. The van der Waals surface area contributed by atoms with Gasteiger partial charge in [-0.2, -0.15) is 0 Å². The summed E-state index contributed by atoms with van der Waals surface area (Å²) < 4.78 is 14.5. The van der Waals surface area contributed by atoms with Gasteiger partial charge in [0, 0.05) is 25.2 Å². The van der Waals surface area contributed by atoms with Gasteiger partial charge in [-0.1, -0.05) is 33.8 Å². The molecular formula is C18H29FN2. The molecule has 3 heteroatoms. The zero-order valence-electron chi connectivity index (χ0n) is 13.8. The summed E-state index contributed by atoms with van der Waals surface area (Å²) in [6, 6.07) is 6.68. The number of hydrogen-bond acceptors (Lipinski definition) is 2. The van der Waals surface area contributed by atoms with Crippen molar-refractivity contribution in [1.82, 2.24) is 5.32 Å². The lowest BCUT2D eigenvalue weighted by Gasteiger charge is -2.26. The van der Waals surface area contributed by atoms with Crippen LogP contribution >= 0.6 is 0 Å². The van der Waals surface area contributed by atoms with E-state index >= 15 is 0 Å². The number of nitrogens with one attached hydrogen (secondary N) is 1. The van der Waals surface area contributed by atoms with Crippen molar-refractivity contribution in [3.63, 3.8) is 0 Å². The standard InChI is InChI=1S/C18H29FN2/c1-13(2)9-10-21(16-6-7-16)18-8-5-15(11-17(18)19)12-20-14(3)4/h5,8,11,13-14,16,20H,6-7,9-10,12H2,1-4H3. The van der Waals surface area contributed by atoms with Crippen LogP contribution in [-0.2, 0) is 6.54 Å². The van der Waals surface area contributed by atoms with E-state index in [0.717, 1.165) is 30.8 Å². The molecule has 2 nitrogen and oxygen atoms in total. The van der Waals surface area contributed by atoms with Gasteiger partial charge in [0.15, 0.2) is 0 Å². The Balaban J connectivity index is 2.06. The minimum Gasteiger partial charge on any atom is -0.366 e. The van der Waals surface area contributed by atoms with Crippen LogP contribution in [0.15, 0.2) is 18.2 Å². The highest BCUT2D eigenvalue weighted by Crippen LogP contribution is 2.34. The predicted octanol–water partition coefficient (Wildman–Crippen LogP) is 4.34. The van der Waals surface area contributed by atoms with Crippen LogP contribution in [0.2, 0.25) is 0 Å². The third-order valence-electron chi connectivity index (χ3n) is 3.97. The third kappa shape index (κ3) is 4.99. The molecule has 1 aromatic carbocycles. The van der Waals surface area contributed by atoms with E-state index in [9.17, 15) is 4.39 Å². The molecule has 1 aliphatic carbocycles. The van der Waals surface area contributed by atoms with Crippen molar-refractivity contribution in [2.24, 2.45) is 5.92 Å². The van der Waals surface area contributed by atoms with Crippen LogP contribution in [0.25, 0.3) is 0 Å². The van der Waals surface area contributed by atoms with E-state index in [1.807, 2.05) is 6.07 Å². The molecule has 0 aliphatic heterocycles. The van der Waals surface area contributed by atoms with Gasteiger partial charge in [-0.3, -0.25) is 0 Å². The molecule has 1 aliphatic rings. The Kier molecular flexibility index (Phi) is 5.63. The third-order valence-corrected chi connectivity index (χ3v) is 3.97. The topological polar surface area (TPSA) is 15.3 Å². The maximum Gasteiger partial charge on any atom is 0.146 e. The van der Waals surface area contributed by atoms with Crippen LogP contribution in [0, 0.1) is 11.7 Å². The van der Waals surface area contributed by atoms with E-state index in [-0.39, 0.29) is 5.82 Å². The van der Waals surface area contributed by atoms with Crippen molar-refractivity contribution < 1.29 is 4.39 Å². The smallest absolute Gasteiger partial charge is 0.146 e. The van der Waals surface area contributed by atoms with Crippen molar-refractivity contribution in [2.45, 2.75) is 65.6 Å². The van der Waals surface area contributed by atoms with Crippen LogP contribution < -0.4 is 10.2 Å². The van der Waals surface area contributed by atoms with E-state index in [1.54, 1.807) is 6.07 Å². The number of benzene rings is 1.